The van der Waals surface area contributed by atoms with Gasteiger partial charge in [0, 0.05) is 12.0 Å². The third kappa shape index (κ3) is 2.15. The number of nitrogens with two attached hydrogens (primary N) is 2. The minimum absolute atomic E-state index is 0. The number of amides is 1. The quantitative estimate of drug-likeness (QED) is 0.574. The lowest BCUT2D eigenvalue weighted by Crippen LogP contribution is -2.23. The molecule has 1 rings (SSSR count). The van der Waals surface area contributed by atoms with Crippen molar-refractivity contribution in [2.75, 3.05) is 0 Å². The summed E-state index contributed by atoms with van der Waals surface area (Å²) in [7, 11) is 0. The second kappa shape index (κ2) is 3.78. The number of hydrogen-bond acceptors (Lipinski definition) is 2. The van der Waals surface area contributed by atoms with Crippen LogP contribution in [-0.4, -0.2) is 11.9 Å². The van der Waals surface area contributed by atoms with Crippen LogP contribution in [0.2, 0.25) is 0 Å². The summed E-state index contributed by atoms with van der Waals surface area (Å²) >= 11 is 0. The highest BCUT2D eigenvalue weighted by Crippen LogP contribution is 2.22. The van der Waals surface area contributed by atoms with Crippen LogP contribution in [-0.2, 0) is 4.79 Å². The lowest BCUT2D eigenvalue weighted by Gasteiger charge is -2.01. The van der Waals surface area contributed by atoms with E-state index in [2.05, 4.69) is 0 Å². The van der Waals surface area contributed by atoms with Crippen LogP contribution >= 0.6 is 12.4 Å². The van der Waals surface area contributed by atoms with Gasteiger partial charge in [-0.3, -0.25) is 4.79 Å². The zero-order chi connectivity index (χ0) is 6.85. The maximum atomic E-state index is 10.5. The molecule has 0 spiro atoms. The fourth-order valence-corrected chi connectivity index (χ4v) is 1.27. The van der Waals surface area contributed by atoms with Crippen LogP contribution in [0.4, 0.5) is 0 Å². The monoisotopic (exact) mass is 164 g/mol. The molecule has 1 amide bonds. The number of carbonyl (C=O) groups excluding carboxylic acids is 1. The molecule has 10 heavy (non-hydrogen) atoms. The van der Waals surface area contributed by atoms with Crippen molar-refractivity contribution in [2.24, 2.45) is 17.4 Å². The zero-order valence-corrected chi connectivity index (χ0v) is 6.56. The number of carbonyl (C=O) groups is 1. The zero-order valence-electron chi connectivity index (χ0n) is 5.75. The van der Waals surface area contributed by atoms with Crippen LogP contribution in [0.15, 0.2) is 0 Å². The van der Waals surface area contributed by atoms with E-state index in [9.17, 15) is 4.79 Å². The van der Waals surface area contributed by atoms with Gasteiger partial charge in [0.25, 0.3) is 0 Å². The summed E-state index contributed by atoms with van der Waals surface area (Å²) < 4.78 is 0. The van der Waals surface area contributed by atoms with Gasteiger partial charge in [0.05, 0.1) is 0 Å². The Labute approximate surface area is 66.6 Å². The van der Waals surface area contributed by atoms with Gasteiger partial charge in [0.2, 0.25) is 5.91 Å². The van der Waals surface area contributed by atoms with E-state index in [4.69, 9.17) is 11.5 Å². The molecule has 4 N–H and O–H groups in total. The molecular weight excluding hydrogens is 152 g/mol. The minimum atomic E-state index is -0.192. The predicted octanol–water partition coefficient (Wildman–Crippen LogP) is 0.0209. The lowest BCUT2D eigenvalue weighted by atomic mass is 10.1. The van der Waals surface area contributed by atoms with Crippen molar-refractivity contribution < 1.29 is 4.79 Å². The van der Waals surface area contributed by atoms with Gasteiger partial charge < -0.3 is 11.5 Å². The third-order valence-electron chi connectivity index (χ3n) is 1.88. The highest BCUT2D eigenvalue weighted by molar-refractivity contribution is 5.85. The van der Waals surface area contributed by atoms with E-state index in [1.165, 1.54) is 0 Å². The molecule has 0 unspecified atom stereocenters. The summed E-state index contributed by atoms with van der Waals surface area (Å²) in [5.41, 5.74) is 10.6. The molecule has 60 valence electrons. The standard InChI is InChI=1S/C6H12N2O.ClH/c7-5-2-1-4(3-5)6(8)9;/h4-5H,1-3,7H2,(H2,8,9);1H/t4-,5+;/m1./s1. The van der Waals surface area contributed by atoms with Gasteiger partial charge in [-0.25, -0.2) is 0 Å². The molecule has 1 aliphatic carbocycles. The molecule has 0 aromatic carbocycles. The van der Waals surface area contributed by atoms with Crippen LogP contribution < -0.4 is 11.5 Å². The molecule has 1 aliphatic rings. The normalized spacial score (nSPS) is 31.3. The van der Waals surface area contributed by atoms with Crippen molar-refractivity contribution in [1.29, 1.82) is 0 Å². The minimum Gasteiger partial charge on any atom is -0.369 e. The molecule has 4 heteroatoms. The van der Waals surface area contributed by atoms with Crippen molar-refractivity contribution in [3.63, 3.8) is 0 Å². The first-order valence-electron chi connectivity index (χ1n) is 3.25. The highest BCUT2D eigenvalue weighted by Gasteiger charge is 2.25. The molecule has 0 radical (unpaired) electrons. The van der Waals surface area contributed by atoms with Crippen molar-refractivity contribution in [3.8, 4) is 0 Å². The Bertz CT molecular complexity index is 129. The van der Waals surface area contributed by atoms with Crippen molar-refractivity contribution in [3.05, 3.63) is 0 Å². The molecule has 0 aromatic rings. The predicted molar refractivity (Wildman–Crippen MR) is 41.8 cm³/mol. The molecule has 3 nitrogen and oxygen atoms in total. The van der Waals surface area contributed by atoms with Crippen molar-refractivity contribution in [2.45, 2.75) is 25.3 Å². The number of rotatable bonds is 1. The molecule has 0 aliphatic heterocycles. The summed E-state index contributed by atoms with van der Waals surface area (Å²) in [6.45, 7) is 0. The Morgan fingerprint density at radius 2 is 2.00 bits per heavy atom. The molecular formula is C6H13ClN2O. The van der Waals surface area contributed by atoms with E-state index in [0.717, 1.165) is 19.3 Å². The first kappa shape index (κ1) is 9.72. The maximum absolute atomic E-state index is 10.5. The largest absolute Gasteiger partial charge is 0.369 e. The average molecular weight is 165 g/mol. The highest BCUT2D eigenvalue weighted by atomic mass is 35.5. The summed E-state index contributed by atoms with van der Waals surface area (Å²) in [4.78, 5) is 10.5. The molecule has 0 saturated heterocycles. The number of halogens is 1. The Balaban J connectivity index is 0.000000810. The van der Waals surface area contributed by atoms with E-state index in [0.29, 0.717) is 0 Å². The van der Waals surface area contributed by atoms with E-state index in [1.807, 2.05) is 0 Å². The van der Waals surface area contributed by atoms with Gasteiger partial charge in [-0.2, -0.15) is 0 Å². The van der Waals surface area contributed by atoms with E-state index in [-0.39, 0.29) is 30.3 Å². The van der Waals surface area contributed by atoms with E-state index in [1.54, 1.807) is 0 Å². The Morgan fingerprint density at radius 1 is 1.40 bits per heavy atom. The summed E-state index contributed by atoms with van der Waals surface area (Å²) in [5.74, 6) is -0.136. The van der Waals surface area contributed by atoms with Crippen molar-refractivity contribution in [1.82, 2.24) is 0 Å². The van der Waals surface area contributed by atoms with Crippen LogP contribution in [0.5, 0.6) is 0 Å². The summed E-state index contributed by atoms with van der Waals surface area (Å²) in [6.07, 6.45) is 2.62. The smallest absolute Gasteiger partial charge is 0.220 e. The van der Waals surface area contributed by atoms with E-state index >= 15 is 0 Å². The number of hydrogen-bond donors (Lipinski definition) is 2. The lowest BCUT2D eigenvalue weighted by molar-refractivity contribution is -0.121. The van der Waals surface area contributed by atoms with Gasteiger partial charge in [-0.1, -0.05) is 0 Å². The van der Waals surface area contributed by atoms with Crippen LogP contribution in [0.3, 0.4) is 0 Å². The van der Waals surface area contributed by atoms with Gasteiger partial charge in [-0.05, 0) is 19.3 Å². The fraction of sp³-hybridized carbons (Fsp3) is 0.833. The van der Waals surface area contributed by atoms with Crippen molar-refractivity contribution >= 4 is 18.3 Å². The molecule has 2 atom stereocenters. The first-order valence-corrected chi connectivity index (χ1v) is 3.25. The van der Waals surface area contributed by atoms with Gasteiger partial charge >= 0.3 is 0 Å². The molecule has 1 saturated carbocycles. The molecule has 0 heterocycles. The molecule has 0 aromatic heterocycles. The van der Waals surface area contributed by atoms with Gasteiger partial charge in [0.1, 0.15) is 0 Å². The van der Waals surface area contributed by atoms with Crippen LogP contribution in [0.25, 0.3) is 0 Å². The van der Waals surface area contributed by atoms with Crippen LogP contribution in [0.1, 0.15) is 19.3 Å². The summed E-state index contributed by atoms with van der Waals surface area (Å²) in [5, 5.41) is 0. The van der Waals surface area contributed by atoms with Gasteiger partial charge in [0.15, 0.2) is 0 Å². The van der Waals surface area contributed by atoms with Crippen LogP contribution in [0, 0.1) is 5.92 Å². The third-order valence-corrected chi connectivity index (χ3v) is 1.88. The van der Waals surface area contributed by atoms with Gasteiger partial charge in [-0.15, -0.1) is 12.4 Å². The topological polar surface area (TPSA) is 69.1 Å². The molecule has 1 fully saturated rings. The fourth-order valence-electron chi connectivity index (χ4n) is 1.27. The average Bonchev–Trinajstić information content (AvgIpc) is 2.14. The Kier molecular flexibility index (Phi) is 3.68. The summed E-state index contributed by atoms with van der Waals surface area (Å²) in [6, 6.07) is 0.211. The SMILES string of the molecule is Cl.NC(=O)[C@@H]1CC[C@H](N)C1. The second-order valence-corrected chi connectivity index (χ2v) is 2.67. The number of primary amides is 1. The maximum Gasteiger partial charge on any atom is 0.220 e. The van der Waals surface area contributed by atoms with E-state index < -0.39 is 0 Å². The Morgan fingerprint density at radius 3 is 2.20 bits per heavy atom. The Hall–Kier alpha value is -0.280. The first-order chi connectivity index (χ1) is 4.20. The second-order valence-electron chi connectivity index (χ2n) is 2.67. The molecule has 0 bridgehead atoms.